The zero-order valence-electron chi connectivity index (χ0n) is 27.0. The molecule has 0 fully saturated rings. The molecule has 49 heavy (non-hydrogen) atoms. The molecule has 2 heterocycles. The van der Waals surface area contributed by atoms with Gasteiger partial charge in [0.1, 0.15) is 5.69 Å². The molecule has 0 saturated heterocycles. The van der Waals surface area contributed by atoms with Crippen LogP contribution in [0.3, 0.4) is 0 Å². The van der Waals surface area contributed by atoms with Crippen molar-refractivity contribution in [1.29, 1.82) is 0 Å². The molecule has 0 unspecified atom stereocenters. The maximum absolute atomic E-state index is 14.3. The van der Waals surface area contributed by atoms with Gasteiger partial charge in [-0.1, -0.05) is 57.9 Å². The molecular formula is C40H33BrClN3O4. The molecule has 246 valence electrons. The van der Waals surface area contributed by atoms with Crippen LogP contribution in [0.1, 0.15) is 37.5 Å². The van der Waals surface area contributed by atoms with Gasteiger partial charge in [0.15, 0.2) is 11.5 Å². The monoisotopic (exact) mass is 733 g/mol. The highest BCUT2D eigenvalue weighted by Gasteiger charge is 2.27. The number of aromatic nitrogens is 1. The lowest BCUT2D eigenvalue weighted by molar-refractivity contribution is 0.0724. The van der Waals surface area contributed by atoms with Crippen LogP contribution in [-0.2, 0) is 19.5 Å². The van der Waals surface area contributed by atoms with E-state index in [2.05, 4.69) is 56.1 Å². The van der Waals surface area contributed by atoms with Crippen molar-refractivity contribution in [2.45, 2.75) is 19.5 Å². The van der Waals surface area contributed by atoms with Crippen LogP contribution in [0.15, 0.2) is 114 Å². The van der Waals surface area contributed by atoms with Gasteiger partial charge in [-0.05, 0) is 113 Å². The third-order valence-electron chi connectivity index (χ3n) is 8.96. The van der Waals surface area contributed by atoms with Crippen molar-refractivity contribution in [2.75, 3.05) is 26.1 Å². The van der Waals surface area contributed by atoms with Crippen LogP contribution < -0.4 is 14.8 Å². The molecule has 2 amide bonds. The van der Waals surface area contributed by atoms with Gasteiger partial charge in [0.2, 0.25) is 0 Å². The Bertz CT molecular complexity index is 2180. The minimum atomic E-state index is -0.203. The Labute approximate surface area is 298 Å². The van der Waals surface area contributed by atoms with Crippen LogP contribution in [-0.4, -0.2) is 42.0 Å². The third kappa shape index (κ3) is 6.80. The number of hydrogen-bond donors (Lipinski definition) is 1. The Morgan fingerprint density at radius 3 is 2.16 bits per heavy atom. The summed E-state index contributed by atoms with van der Waals surface area (Å²) in [7, 11) is 3.26. The maximum atomic E-state index is 14.3. The standard InChI is InChI=1S/C40H33BrClN3O4/c1-48-37-21-29-17-18-44(24-31(29)22-38(37)49-2)40(47)36-20-30-19-28(9-16-35(30)45(36)23-25-3-10-32(41)11-4-25)26-7-14-34(15-8-26)43-39(46)27-5-12-33(42)13-6-27/h3-16,19-22H,17-18,23-24H2,1-2H3,(H,43,46). The number of anilines is 1. The van der Waals surface area contributed by atoms with Gasteiger partial charge in [0.05, 0.1) is 14.2 Å². The molecule has 1 aliphatic heterocycles. The van der Waals surface area contributed by atoms with Crippen molar-refractivity contribution in [1.82, 2.24) is 9.47 Å². The van der Waals surface area contributed by atoms with E-state index in [9.17, 15) is 9.59 Å². The van der Waals surface area contributed by atoms with E-state index in [0.29, 0.717) is 53.1 Å². The first kappa shape index (κ1) is 32.5. The summed E-state index contributed by atoms with van der Waals surface area (Å²) < 4.78 is 14.2. The number of ether oxygens (including phenoxy) is 2. The molecule has 6 aromatic rings. The fourth-order valence-corrected chi connectivity index (χ4v) is 6.73. The molecule has 1 N–H and O–H groups in total. The van der Waals surface area contributed by atoms with Gasteiger partial charge in [0, 0.05) is 51.3 Å². The van der Waals surface area contributed by atoms with Gasteiger partial charge in [-0.2, -0.15) is 0 Å². The number of amides is 2. The summed E-state index contributed by atoms with van der Waals surface area (Å²) in [5.74, 6) is 1.13. The Morgan fingerprint density at radius 2 is 1.47 bits per heavy atom. The molecule has 7 rings (SSSR count). The van der Waals surface area contributed by atoms with E-state index in [1.54, 1.807) is 38.5 Å². The first-order valence-corrected chi connectivity index (χ1v) is 17.0. The lowest BCUT2D eigenvalue weighted by Gasteiger charge is -2.30. The number of carbonyl (C=O) groups excluding carboxylic acids is 2. The fraction of sp³-hybridized carbons (Fsp3) is 0.150. The maximum Gasteiger partial charge on any atom is 0.270 e. The van der Waals surface area contributed by atoms with E-state index in [1.807, 2.05) is 59.5 Å². The summed E-state index contributed by atoms with van der Waals surface area (Å²) in [6.07, 6.45) is 0.731. The molecule has 1 aliphatic rings. The molecule has 0 aliphatic carbocycles. The van der Waals surface area contributed by atoms with E-state index in [4.69, 9.17) is 21.1 Å². The van der Waals surface area contributed by atoms with Crippen molar-refractivity contribution in [2.24, 2.45) is 0 Å². The minimum absolute atomic E-state index is 0.0175. The first-order chi connectivity index (χ1) is 23.8. The Kier molecular flexibility index (Phi) is 9.17. The number of rotatable bonds is 8. The van der Waals surface area contributed by atoms with E-state index < -0.39 is 0 Å². The highest BCUT2D eigenvalue weighted by atomic mass is 79.9. The summed E-state index contributed by atoms with van der Waals surface area (Å²) >= 11 is 9.50. The van der Waals surface area contributed by atoms with Crippen molar-refractivity contribution < 1.29 is 19.1 Å². The molecule has 9 heteroatoms. The van der Waals surface area contributed by atoms with Crippen LogP contribution in [0.5, 0.6) is 11.5 Å². The summed E-state index contributed by atoms with van der Waals surface area (Å²) in [4.78, 5) is 28.9. The second kappa shape index (κ2) is 13.8. The zero-order chi connectivity index (χ0) is 34.1. The van der Waals surface area contributed by atoms with Crippen molar-refractivity contribution in [3.05, 3.63) is 147 Å². The normalized spacial score (nSPS) is 12.4. The average molecular weight is 735 g/mol. The van der Waals surface area contributed by atoms with Gasteiger partial charge in [-0.25, -0.2) is 0 Å². The fourth-order valence-electron chi connectivity index (χ4n) is 6.34. The van der Waals surface area contributed by atoms with Crippen LogP contribution in [0.4, 0.5) is 5.69 Å². The van der Waals surface area contributed by atoms with Crippen LogP contribution >= 0.6 is 27.5 Å². The summed E-state index contributed by atoms with van der Waals surface area (Å²) in [5.41, 5.74) is 8.16. The number of nitrogens with one attached hydrogen (secondary N) is 1. The van der Waals surface area contributed by atoms with Crippen molar-refractivity contribution in [3.63, 3.8) is 0 Å². The molecule has 0 bridgehead atoms. The topological polar surface area (TPSA) is 72.8 Å². The van der Waals surface area contributed by atoms with Crippen LogP contribution in [0.2, 0.25) is 5.02 Å². The number of methoxy groups -OCH3 is 2. The first-order valence-electron chi connectivity index (χ1n) is 15.9. The largest absolute Gasteiger partial charge is 0.493 e. The summed E-state index contributed by atoms with van der Waals surface area (Å²) in [6, 6.07) is 35.0. The molecule has 0 radical (unpaired) electrons. The lowest BCUT2D eigenvalue weighted by atomic mass is 9.98. The molecule has 0 spiro atoms. The van der Waals surface area contributed by atoms with E-state index >= 15 is 0 Å². The van der Waals surface area contributed by atoms with Crippen molar-refractivity contribution >= 4 is 55.9 Å². The number of hydrogen-bond acceptors (Lipinski definition) is 4. The number of fused-ring (bicyclic) bond motifs is 2. The molecular weight excluding hydrogens is 702 g/mol. The molecule has 7 nitrogen and oxygen atoms in total. The van der Waals surface area contributed by atoms with E-state index in [0.717, 1.165) is 49.6 Å². The molecule has 1 aromatic heterocycles. The smallest absolute Gasteiger partial charge is 0.270 e. The Balaban J connectivity index is 1.19. The van der Waals surface area contributed by atoms with Crippen LogP contribution in [0, 0.1) is 0 Å². The lowest BCUT2D eigenvalue weighted by Crippen LogP contribution is -2.37. The van der Waals surface area contributed by atoms with Crippen molar-refractivity contribution in [3.8, 4) is 22.6 Å². The summed E-state index contributed by atoms with van der Waals surface area (Å²) in [5, 5.41) is 4.50. The summed E-state index contributed by atoms with van der Waals surface area (Å²) in [6.45, 7) is 1.64. The van der Waals surface area contributed by atoms with Gasteiger partial charge in [-0.3, -0.25) is 9.59 Å². The Morgan fingerprint density at radius 1 is 0.796 bits per heavy atom. The average Bonchev–Trinajstić information content (AvgIpc) is 3.49. The highest BCUT2D eigenvalue weighted by molar-refractivity contribution is 9.10. The third-order valence-corrected chi connectivity index (χ3v) is 9.74. The zero-order valence-corrected chi connectivity index (χ0v) is 29.3. The van der Waals surface area contributed by atoms with Gasteiger partial charge >= 0.3 is 0 Å². The van der Waals surface area contributed by atoms with Crippen LogP contribution in [0.25, 0.3) is 22.0 Å². The number of halogens is 2. The number of nitrogens with zero attached hydrogens (tertiary/aromatic N) is 2. The van der Waals surface area contributed by atoms with E-state index in [-0.39, 0.29) is 11.8 Å². The molecule has 0 saturated carbocycles. The predicted molar refractivity (Wildman–Crippen MR) is 198 cm³/mol. The number of benzene rings is 5. The van der Waals surface area contributed by atoms with Gasteiger partial charge in [-0.15, -0.1) is 0 Å². The molecule has 5 aromatic carbocycles. The minimum Gasteiger partial charge on any atom is -0.493 e. The second-order valence-electron chi connectivity index (χ2n) is 12.0. The number of carbonyl (C=O) groups is 2. The van der Waals surface area contributed by atoms with Gasteiger partial charge in [0.25, 0.3) is 11.8 Å². The SMILES string of the molecule is COc1cc2c(cc1OC)CN(C(=O)c1cc3cc(-c4ccc(NC(=O)c5ccc(Cl)cc5)cc4)ccc3n1Cc1ccc(Br)cc1)CC2. The second-order valence-corrected chi connectivity index (χ2v) is 13.4. The quantitative estimate of drug-likeness (QED) is 0.169. The predicted octanol–water partition coefficient (Wildman–Crippen LogP) is 9.24. The molecule has 0 atom stereocenters. The highest BCUT2D eigenvalue weighted by Crippen LogP contribution is 2.35. The Hall–Kier alpha value is -5.05. The van der Waals surface area contributed by atoms with E-state index in [1.165, 1.54) is 0 Å². The van der Waals surface area contributed by atoms with Gasteiger partial charge < -0.3 is 24.3 Å².